The maximum atomic E-state index is 9.72. The molecule has 0 aliphatic rings. The highest BCUT2D eigenvalue weighted by molar-refractivity contribution is 7.07. The summed E-state index contributed by atoms with van der Waals surface area (Å²) >= 11 is 1.61. The summed E-state index contributed by atoms with van der Waals surface area (Å²) in [4.78, 5) is 0. The zero-order chi connectivity index (χ0) is 9.90. The van der Waals surface area contributed by atoms with Crippen LogP contribution in [0, 0.1) is 0 Å². The van der Waals surface area contributed by atoms with Crippen molar-refractivity contribution >= 4 is 11.3 Å². The minimum absolute atomic E-state index is 0.0665. The van der Waals surface area contributed by atoms with Gasteiger partial charge in [-0.1, -0.05) is 0 Å². The Kier molecular flexibility index (Phi) is 3.47. The fourth-order valence-electron chi connectivity index (χ4n) is 0.985. The molecular formula is C10H17NOS. The van der Waals surface area contributed by atoms with E-state index in [2.05, 4.69) is 26.1 Å². The molecule has 2 N–H and O–H groups in total. The molecule has 0 saturated carbocycles. The molecule has 0 aromatic carbocycles. The van der Waals surface area contributed by atoms with Crippen LogP contribution in [0.15, 0.2) is 16.8 Å². The van der Waals surface area contributed by atoms with E-state index in [0.29, 0.717) is 6.54 Å². The average molecular weight is 199 g/mol. The molecular weight excluding hydrogens is 182 g/mol. The summed E-state index contributed by atoms with van der Waals surface area (Å²) in [5.41, 5.74) is 1.07. The van der Waals surface area contributed by atoms with Gasteiger partial charge in [0.15, 0.2) is 0 Å². The standard InChI is InChI=1S/C10H17NOS/c1-10(2,3)11-6-9(12)8-4-5-13-7-8/h4-5,7,9,11-12H,6H2,1-3H3. The van der Waals surface area contributed by atoms with E-state index in [1.54, 1.807) is 11.3 Å². The maximum absolute atomic E-state index is 9.72. The Hall–Kier alpha value is -0.380. The lowest BCUT2D eigenvalue weighted by Gasteiger charge is -2.22. The SMILES string of the molecule is CC(C)(C)NCC(O)c1ccsc1. The van der Waals surface area contributed by atoms with Gasteiger partial charge in [0.05, 0.1) is 6.10 Å². The van der Waals surface area contributed by atoms with Crippen molar-refractivity contribution in [2.45, 2.75) is 32.4 Å². The molecule has 1 heterocycles. The summed E-state index contributed by atoms with van der Waals surface area (Å²) in [6.45, 7) is 6.88. The molecule has 1 atom stereocenters. The molecule has 3 heteroatoms. The van der Waals surface area contributed by atoms with Crippen molar-refractivity contribution in [1.82, 2.24) is 5.32 Å². The number of aliphatic hydroxyl groups is 1. The Morgan fingerprint density at radius 1 is 1.54 bits per heavy atom. The maximum Gasteiger partial charge on any atom is 0.0922 e. The minimum Gasteiger partial charge on any atom is -0.387 e. The normalized spacial score (nSPS) is 14.5. The number of thiophene rings is 1. The van der Waals surface area contributed by atoms with E-state index >= 15 is 0 Å². The van der Waals surface area contributed by atoms with Gasteiger partial charge in [-0.05, 0) is 43.2 Å². The second-order valence-corrected chi connectivity index (χ2v) is 4.98. The van der Waals surface area contributed by atoms with Crippen LogP contribution in [-0.2, 0) is 0 Å². The van der Waals surface area contributed by atoms with Crippen molar-refractivity contribution < 1.29 is 5.11 Å². The van der Waals surface area contributed by atoms with Crippen molar-refractivity contribution in [3.8, 4) is 0 Å². The molecule has 1 unspecified atom stereocenters. The molecule has 74 valence electrons. The number of nitrogens with one attached hydrogen (secondary N) is 1. The van der Waals surface area contributed by atoms with E-state index in [1.807, 2.05) is 16.8 Å². The van der Waals surface area contributed by atoms with Crippen molar-refractivity contribution in [3.05, 3.63) is 22.4 Å². The number of hydrogen-bond donors (Lipinski definition) is 2. The van der Waals surface area contributed by atoms with Crippen LogP contribution < -0.4 is 5.32 Å². The highest BCUT2D eigenvalue weighted by Gasteiger charge is 2.13. The topological polar surface area (TPSA) is 32.3 Å². The summed E-state index contributed by atoms with van der Waals surface area (Å²) in [5, 5.41) is 16.9. The first-order valence-corrected chi connectivity index (χ1v) is 5.38. The summed E-state index contributed by atoms with van der Waals surface area (Å²) in [6, 6.07) is 1.96. The van der Waals surface area contributed by atoms with E-state index in [4.69, 9.17) is 0 Å². The zero-order valence-corrected chi connectivity index (χ0v) is 9.19. The first-order valence-electron chi connectivity index (χ1n) is 4.44. The van der Waals surface area contributed by atoms with Gasteiger partial charge in [-0.15, -0.1) is 0 Å². The quantitative estimate of drug-likeness (QED) is 0.782. The van der Waals surface area contributed by atoms with Gasteiger partial charge in [0.2, 0.25) is 0 Å². The van der Waals surface area contributed by atoms with Gasteiger partial charge in [-0.25, -0.2) is 0 Å². The first kappa shape index (κ1) is 10.7. The second-order valence-electron chi connectivity index (χ2n) is 4.20. The van der Waals surface area contributed by atoms with Crippen LogP contribution in [0.25, 0.3) is 0 Å². The predicted molar refractivity (Wildman–Crippen MR) is 57.0 cm³/mol. The van der Waals surface area contributed by atoms with Gasteiger partial charge in [0.25, 0.3) is 0 Å². The summed E-state index contributed by atoms with van der Waals surface area (Å²) in [5.74, 6) is 0. The number of β-amino-alcohol motifs (C(OH)–C–C–N with tert-alkyl or cyclic N) is 1. The van der Waals surface area contributed by atoms with Crippen LogP contribution in [0.3, 0.4) is 0 Å². The number of aliphatic hydroxyl groups excluding tert-OH is 1. The molecule has 0 bridgehead atoms. The molecule has 0 aliphatic carbocycles. The molecule has 0 amide bonds. The van der Waals surface area contributed by atoms with E-state index in [-0.39, 0.29) is 11.6 Å². The van der Waals surface area contributed by atoms with Crippen molar-refractivity contribution in [1.29, 1.82) is 0 Å². The molecule has 0 radical (unpaired) electrons. The van der Waals surface area contributed by atoms with Crippen molar-refractivity contribution in [3.63, 3.8) is 0 Å². The highest BCUT2D eigenvalue weighted by atomic mass is 32.1. The summed E-state index contributed by atoms with van der Waals surface area (Å²) in [7, 11) is 0. The van der Waals surface area contributed by atoms with Crippen LogP contribution in [0.5, 0.6) is 0 Å². The Morgan fingerprint density at radius 2 is 2.23 bits per heavy atom. The van der Waals surface area contributed by atoms with E-state index < -0.39 is 0 Å². The average Bonchev–Trinajstić information content (AvgIpc) is 2.50. The van der Waals surface area contributed by atoms with Crippen LogP contribution >= 0.6 is 11.3 Å². The van der Waals surface area contributed by atoms with Crippen LogP contribution in [-0.4, -0.2) is 17.2 Å². The Bertz CT molecular complexity index is 238. The van der Waals surface area contributed by atoms with E-state index in [9.17, 15) is 5.11 Å². The van der Waals surface area contributed by atoms with Crippen LogP contribution in [0.1, 0.15) is 32.4 Å². The largest absolute Gasteiger partial charge is 0.387 e. The third-order valence-corrected chi connectivity index (χ3v) is 2.46. The predicted octanol–water partition coefficient (Wildman–Crippen LogP) is 2.17. The van der Waals surface area contributed by atoms with Crippen LogP contribution in [0.4, 0.5) is 0 Å². The fraction of sp³-hybridized carbons (Fsp3) is 0.600. The van der Waals surface area contributed by atoms with Crippen molar-refractivity contribution in [2.24, 2.45) is 0 Å². The molecule has 1 aromatic heterocycles. The van der Waals surface area contributed by atoms with Gasteiger partial charge in [-0.2, -0.15) is 11.3 Å². The fourth-order valence-corrected chi connectivity index (χ4v) is 1.69. The summed E-state index contributed by atoms with van der Waals surface area (Å²) in [6.07, 6.45) is -0.384. The molecule has 0 fully saturated rings. The first-order chi connectivity index (χ1) is 5.99. The molecule has 13 heavy (non-hydrogen) atoms. The lowest BCUT2D eigenvalue weighted by Crippen LogP contribution is -2.38. The van der Waals surface area contributed by atoms with Gasteiger partial charge >= 0.3 is 0 Å². The van der Waals surface area contributed by atoms with E-state index in [1.165, 1.54) is 0 Å². The third kappa shape index (κ3) is 3.89. The Balaban J connectivity index is 2.39. The zero-order valence-electron chi connectivity index (χ0n) is 8.37. The molecule has 1 aromatic rings. The van der Waals surface area contributed by atoms with Gasteiger partial charge in [-0.3, -0.25) is 0 Å². The third-order valence-electron chi connectivity index (χ3n) is 1.75. The monoisotopic (exact) mass is 199 g/mol. The number of rotatable bonds is 3. The van der Waals surface area contributed by atoms with E-state index in [0.717, 1.165) is 5.56 Å². The lowest BCUT2D eigenvalue weighted by molar-refractivity contribution is 0.164. The molecule has 0 aliphatic heterocycles. The Morgan fingerprint density at radius 3 is 2.69 bits per heavy atom. The van der Waals surface area contributed by atoms with Gasteiger partial charge in [0.1, 0.15) is 0 Å². The second kappa shape index (κ2) is 4.22. The molecule has 1 rings (SSSR count). The molecule has 0 saturated heterocycles. The minimum atomic E-state index is -0.384. The lowest BCUT2D eigenvalue weighted by atomic mass is 10.1. The Labute approximate surface area is 83.6 Å². The highest BCUT2D eigenvalue weighted by Crippen LogP contribution is 2.15. The smallest absolute Gasteiger partial charge is 0.0922 e. The van der Waals surface area contributed by atoms with Gasteiger partial charge in [0, 0.05) is 12.1 Å². The van der Waals surface area contributed by atoms with Crippen molar-refractivity contribution in [2.75, 3.05) is 6.54 Å². The molecule has 0 spiro atoms. The molecule has 2 nitrogen and oxygen atoms in total. The van der Waals surface area contributed by atoms with Crippen LogP contribution in [0.2, 0.25) is 0 Å². The number of hydrogen-bond acceptors (Lipinski definition) is 3. The van der Waals surface area contributed by atoms with Gasteiger partial charge < -0.3 is 10.4 Å². The summed E-state index contributed by atoms with van der Waals surface area (Å²) < 4.78 is 0.